The van der Waals surface area contributed by atoms with Gasteiger partial charge in [0.15, 0.2) is 0 Å². The Morgan fingerprint density at radius 2 is 1.90 bits per heavy atom. The summed E-state index contributed by atoms with van der Waals surface area (Å²) in [4.78, 5) is 5.52. The first-order valence-electron chi connectivity index (χ1n) is 7.78. The second-order valence-electron chi connectivity index (χ2n) is 5.22. The average molecular weight is 277 g/mol. The molecule has 0 aromatic heterocycles. The van der Waals surface area contributed by atoms with Crippen LogP contribution in [-0.2, 0) is 4.84 Å². The average Bonchev–Trinajstić information content (AvgIpc) is 2.50. The number of hydrogen-bond acceptors (Lipinski definition) is 4. The van der Waals surface area contributed by atoms with E-state index in [1.54, 1.807) is 0 Å². The lowest BCUT2D eigenvalue weighted by atomic mass is 10.1. The van der Waals surface area contributed by atoms with Crippen LogP contribution < -0.4 is 10.6 Å². The van der Waals surface area contributed by atoms with Crippen LogP contribution in [0.15, 0.2) is 30.3 Å². The van der Waals surface area contributed by atoms with Crippen LogP contribution >= 0.6 is 0 Å². The maximum atomic E-state index is 5.52. The van der Waals surface area contributed by atoms with Crippen LogP contribution in [0.3, 0.4) is 0 Å². The van der Waals surface area contributed by atoms with E-state index < -0.39 is 0 Å². The van der Waals surface area contributed by atoms with Crippen molar-refractivity contribution in [2.24, 2.45) is 0 Å². The predicted molar refractivity (Wildman–Crippen MR) is 83.8 cm³/mol. The largest absolute Gasteiger partial charge is 0.385 e. The van der Waals surface area contributed by atoms with E-state index in [9.17, 15) is 0 Å². The Kier molecular flexibility index (Phi) is 6.84. The van der Waals surface area contributed by atoms with E-state index in [4.69, 9.17) is 4.84 Å². The highest BCUT2D eigenvalue weighted by Gasteiger charge is 2.18. The van der Waals surface area contributed by atoms with E-state index in [1.807, 2.05) is 13.0 Å². The number of hydrogen-bond donors (Lipinski definition) is 2. The van der Waals surface area contributed by atoms with Crippen molar-refractivity contribution in [3.63, 3.8) is 0 Å². The van der Waals surface area contributed by atoms with Gasteiger partial charge in [0.25, 0.3) is 0 Å². The summed E-state index contributed by atoms with van der Waals surface area (Å²) >= 11 is 0. The Bertz CT molecular complexity index is 350. The smallest absolute Gasteiger partial charge is 0.0656 e. The van der Waals surface area contributed by atoms with E-state index in [2.05, 4.69) is 40.0 Å². The summed E-state index contributed by atoms with van der Waals surface area (Å²) in [5, 5.41) is 9.18. The Morgan fingerprint density at radius 3 is 2.60 bits per heavy atom. The third kappa shape index (κ3) is 5.49. The van der Waals surface area contributed by atoms with Crippen molar-refractivity contribution in [3.05, 3.63) is 30.3 Å². The number of rotatable bonds is 8. The SMILES string of the molecule is CCON1CCC(NCCCNc2ccccc2)CC1. The van der Waals surface area contributed by atoms with Crippen LogP contribution in [0.2, 0.25) is 0 Å². The monoisotopic (exact) mass is 277 g/mol. The molecule has 2 rings (SSSR count). The first-order valence-corrected chi connectivity index (χ1v) is 7.78. The predicted octanol–water partition coefficient (Wildman–Crippen LogP) is 2.49. The Labute approximate surface area is 122 Å². The van der Waals surface area contributed by atoms with Crippen LogP contribution in [0.1, 0.15) is 26.2 Å². The molecule has 0 spiro atoms. The molecular weight excluding hydrogens is 250 g/mol. The minimum Gasteiger partial charge on any atom is -0.385 e. The van der Waals surface area contributed by atoms with E-state index >= 15 is 0 Å². The highest BCUT2D eigenvalue weighted by Crippen LogP contribution is 2.10. The van der Waals surface area contributed by atoms with Crippen molar-refractivity contribution in [3.8, 4) is 0 Å². The fraction of sp³-hybridized carbons (Fsp3) is 0.625. The summed E-state index contributed by atoms with van der Waals surface area (Å²) in [7, 11) is 0. The van der Waals surface area contributed by atoms with E-state index in [1.165, 1.54) is 18.5 Å². The first kappa shape index (κ1) is 15.3. The molecule has 4 nitrogen and oxygen atoms in total. The number of hydroxylamine groups is 2. The summed E-state index contributed by atoms with van der Waals surface area (Å²) in [5.74, 6) is 0. The van der Waals surface area contributed by atoms with E-state index in [-0.39, 0.29) is 0 Å². The number of benzene rings is 1. The molecule has 0 bridgehead atoms. The van der Waals surface area contributed by atoms with Crippen LogP contribution in [0.4, 0.5) is 5.69 Å². The van der Waals surface area contributed by atoms with Gasteiger partial charge < -0.3 is 10.6 Å². The van der Waals surface area contributed by atoms with Crippen molar-refractivity contribution in [2.45, 2.75) is 32.2 Å². The van der Waals surface area contributed by atoms with Gasteiger partial charge in [0, 0.05) is 31.4 Å². The zero-order valence-electron chi connectivity index (χ0n) is 12.5. The van der Waals surface area contributed by atoms with Gasteiger partial charge in [-0.25, -0.2) is 0 Å². The molecule has 0 aliphatic carbocycles. The lowest BCUT2D eigenvalue weighted by molar-refractivity contribution is -0.166. The fourth-order valence-electron chi connectivity index (χ4n) is 2.55. The molecule has 112 valence electrons. The van der Waals surface area contributed by atoms with Crippen LogP contribution in [0.5, 0.6) is 0 Å². The van der Waals surface area contributed by atoms with Crippen molar-refractivity contribution < 1.29 is 4.84 Å². The minimum absolute atomic E-state index is 0.656. The second kappa shape index (κ2) is 8.95. The van der Waals surface area contributed by atoms with Gasteiger partial charge in [-0.3, -0.25) is 4.84 Å². The molecule has 1 saturated heterocycles. The molecule has 0 radical (unpaired) electrons. The van der Waals surface area contributed by atoms with Gasteiger partial charge in [-0.15, -0.1) is 0 Å². The molecule has 0 unspecified atom stereocenters. The second-order valence-corrected chi connectivity index (χ2v) is 5.22. The molecule has 1 aromatic rings. The minimum atomic E-state index is 0.656. The van der Waals surface area contributed by atoms with Crippen molar-refractivity contribution in [2.75, 3.05) is 38.1 Å². The number of nitrogens with one attached hydrogen (secondary N) is 2. The maximum absolute atomic E-state index is 5.52. The molecule has 1 heterocycles. The highest BCUT2D eigenvalue weighted by atomic mass is 16.7. The molecule has 1 fully saturated rings. The summed E-state index contributed by atoms with van der Waals surface area (Å²) < 4.78 is 0. The van der Waals surface area contributed by atoms with Gasteiger partial charge in [0.1, 0.15) is 0 Å². The van der Waals surface area contributed by atoms with Crippen LogP contribution in [-0.4, -0.2) is 43.9 Å². The Balaban J connectivity index is 1.50. The van der Waals surface area contributed by atoms with E-state index in [0.29, 0.717) is 6.04 Å². The normalized spacial score (nSPS) is 17.2. The number of nitrogens with zero attached hydrogens (tertiary/aromatic N) is 1. The molecule has 1 aromatic carbocycles. The number of para-hydroxylation sites is 1. The molecule has 2 N–H and O–H groups in total. The standard InChI is InChI=1S/C16H27N3O/c1-2-20-19-13-9-16(10-14-19)18-12-6-11-17-15-7-4-3-5-8-15/h3-5,7-8,16-18H,2,6,9-14H2,1H3. The quantitative estimate of drug-likeness (QED) is 0.716. The van der Waals surface area contributed by atoms with Gasteiger partial charge in [-0.2, -0.15) is 5.06 Å². The highest BCUT2D eigenvalue weighted by molar-refractivity contribution is 5.42. The van der Waals surface area contributed by atoms with Crippen molar-refractivity contribution in [1.29, 1.82) is 0 Å². The molecule has 1 aliphatic rings. The summed E-state index contributed by atoms with van der Waals surface area (Å²) in [6, 6.07) is 11.0. The third-order valence-electron chi connectivity index (χ3n) is 3.66. The Hall–Kier alpha value is -1.10. The summed E-state index contributed by atoms with van der Waals surface area (Å²) in [5.41, 5.74) is 1.21. The van der Waals surface area contributed by atoms with Gasteiger partial charge in [-0.05, 0) is 44.9 Å². The lowest BCUT2D eigenvalue weighted by Crippen LogP contribution is -2.42. The fourth-order valence-corrected chi connectivity index (χ4v) is 2.55. The van der Waals surface area contributed by atoms with E-state index in [0.717, 1.165) is 39.2 Å². The zero-order chi connectivity index (χ0) is 14.0. The topological polar surface area (TPSA) is 36.5 Å². The maximum Gasteiger partial charge on any atom is 0.0656 e. The summed E-state index contributed by atoms with van der Waals surface area (Å²) in [6.45, 7) is 7.03. The molecule has 0 atom stereocenters. The summed E-state index contributed by atoms with van der Waals surface area (Å²) in [6.07, 6.45) is 3.53. The van der Waals surface area contributed by atoms with Gasteiger partial charge >= 0.3 is 0 Å². The molecule has 0 saturated carbocycles. The molecule has 4 heteroatoms. The number of piperidine rings is 1. The molecule has 20 heavy (non-hydrogen) atoms. The van der Waals surface area contributed by atoms with Crippen molar-refractivity contribution >= 4 is 5.69 Å². The van der Waals surface area contributed by atoms with Crippen molar-refractivity contribution in [1.82, 2.24) is 10.4 Å². The molecule has 1 aliphatic heterocycles. The number of anilines is 1. The molecule has 0 amide bonds. The van der Waals surface area contributed by atoms with Gasteiger partial charge in [0.05, 0.1) is 6.61 Å². The lowest BCUT2D eigenvalue weighted by Gasteiger charge is -2.31. The third-order valence-corrected chi connectivity index (χ3v) is 3.66. The Morgan fingerprint density at radius 1 is 1.15 bits per heavy atom. The molecular formula is C16H27N3O. The van der Waals surface area contributed by atoms with Crippen LogP contribution in [0, 0.1) is 0 Å². The zero-order valence-corrected chi connectivity index (χ0v) is 12.5. The first-order chi connectivity index (χ1) is 9.88. The van der Waals surface area contributed by atoms with Crippen LogP contribution in [0.25, 0.3) is 0 Å². The van der Waals surface area contributed by atoms with Gasteiger partial charge in [-0.1, -0.05) is 18.2 Å². The van der Waals surface area contributed by atoms with Gasteiger partial charge in [0.2, 0.25) is 0 Å².